The molecule has 0 spiro atoms. The molecule has 24 heavy (non-hydrogen) atoms. The van der Waals surface area contributed by atoms with Gasteiger partial charge in [-0.25, -0.2) is 8.78 Å². The van der Waals surface area contributed by atoms with E-state index in [9.17, 15) is 18.7 Å². The Morgan fingerprint density at radius 2 is 2.04 bits per heavy atom. The summed E-state index contributed by atoms with van der Waals surface area (Å²) in [6.07, 6.45) is 4.29. The van der Waals surface area contributed by atoms with Crippen LogP contribution in [0.5, 0.6) is 0 Å². The minimum absolute atomic E-state index is 0.0300. The molecule has 0 radical (unpaired) electrons. The summed E-state index contributed by atoms with van der Waals surface area (Å²) in [5, 5.41) is 9.44. The van der Waals surface area contributed by atoms with E-state index in [1.807, 2.05) is 0 Å². The molecule has 1 amide bonds. The van der Waals surface area contributed by atoms with Crippen molar-refractivity contribution in [3.05, 3.63) is 34.9 Å². The Hall–Kier alpha value is -1.53. The van der Waals surface area contributed by atoms with Gasteiger partial charge >= 0.3 is 0 Å². The van der Waals surface area contributed by atoms with E-state index in [2.05, 4.69) is 0 Å². The molecular weight excluding hydrogens is 314 g/mol. The minimum atomic E-state index is -0.865. The molecular formula is C18H24F2N2O2. The number of nitrogens with two attached hydrogens (primary N) is 1. The standard InChI is InChI=1S/C18H24F2N2O2/c19-15-7-11-4-5-13(14(11)8-16(15)20)17(21)9-18(24)22-6-2-1-3-12(22)10-23/h7-8,12-13,17,23H,1-6,9-10,21H2/t12?,13-,17-/m0/s1. The Morgan fingerprint density at radius 3 is 2.79 bits per heavy atom. The van der Waals surface area contributed by atoms with Gasteiger partial charge < -0.3 is 15.7 Å². The lowest BCUT2D eigenvalue weighted by molar-refractivity contribution is -0.136. The van der Waals surface area contributed by atoms with Crippen molar-refractivity contribution in [2.75, 3.05) is 13.2 Å². The van der Waals surface area contributed by atoms with Crippen molar-refractivity contribution in [2.24, 2.45) is 5.73 Å². The number of aliphatic hydroxyl groups excluding tert-OH is 1. The summed E-state index contributed by atoms with van der Waals surface area (Å²) in [5.74, 6) is -1.89. The van der Waals surface area contributed by atoms with Gasteiger partial charge in [-0.1, -0.05) is 0 Å². The van der Waals surface area contributed by atoms with Gasteiger partial charge in [-0.05, 0) is 55.4 Å². The molecule has 132 valence electrons. The first-order chi connectivity index (χ1) is 11.5. The van der Waals surface area contributed by atoms with Crippen molar-refractivity contribution in [1.82, 2.24) is 4.90 Å². The Labute approximate surface area is 140 Å². The average Bonchev–Trinajstić information content (AvgIpc) is 2.97. The number of carbonyl (C=O) groups is 1. The second kappa shape index (κ2) is 7.15. The van der Waals surface area contributed by atoms with Crippen LogP contribution in [0.15, 0.2) is 12.1 Å². The van der Waals surface area contributed by atoms with Crippen LogP contribution in [0.4, 0.5) is 8.78 Å². The number of carbonyl (C=O) groups excluding carboxylic acids is 1. The SMILES string of the molecule is N[C@@H](CC(=O)N1CCCCC1CO)[C@H]1CCc2cc(F)c(F)cc21. The summed E-state index contributed by atoms with van der Waals surface area (Å²) in [5.41, 5.74) is 7.76. The summed E-state index contributed by atoms with van der Waals surface area (Å²) >= 11 is 0. The minimum Gasteiger partial charge on any atom is -0.394 e. The zero-order chi connectivity index (χ0) is 17.3. The van der Waals surface area contributed by atoms with E-state index in [-0.39, 0.29) is 30.9 Å². The first-order valence-electron chi connectivity index (χ1n) is 8.65. The number of likely N-dealkylation sites (tertiary alicyclic amines) is 1. The lowest BCUT2D eigenvalue weighted by Gasteiger charge is -2.35. The highest BCUT2D eigenvalue weighted by molar-refractivity contribution is 5.77. The fraction of sp³-hybridized carbons (Fsp3) is 0.611. The van der Waals surface area contributed by atoms with Crippen LogP contribution in [0.25, 0.3) is 0 Å². The van der Waals surface area contributed by atoms with Crippen LogP contribution in [0, 0.1) is 11.6 Å². The van der Waals surface area contributed by atoms with Crippen LogP contribution in [0.3, 0.4) is 0 Å². The number of halogens is 2. The number of amides is 1. The van der Waals surface area contributed by atoms with Crippen LogP contribution in [0.1, 0.15) is 49.1 Å². The molecule has 1 saturated heterocycles. The monoisotopic (exact) mass is 338 g/mol. The van der Waals surface area contributed by atoms with E-state index < -0.39 is 17.7 Å². The first-order valence-corrected chi connectivity index (χ1v) is 8.65. The Bertz CT molecular complexity index is 623. The van der Waals surface area contributed by atoms with Crippen LogP contribution in [-0.4, -0.2) is 41.1 Å². The third-order valence-corrected chi connectivity index (χ3v) is 5.39. The molecule has 1 aromatic carbocycles. The molecule has 6 heteroatoms. The third-order valence-electron chi connectivity index (χ3n) is 5.39. The number of hydrogen-bond acceptors (Lipinski definition) is 3. The number of hydrogen-bond donors (Lipinski definition) is 2. The van der Waals surface area contributed by atoms with E-state index in [0.717, 1.165) is 30.4 Å². The Morgan fingerprint density at radius 1 is 1.29 bits per heavy atom. The van der Waals surface area contributed by atoms with Gasteiger partial charge in [0, 0.05) is 24.9 Å². The van der Waals surface area contributed by atoms with Crippen molar-refractivity contribution >= 4 is 5.91 Å². The van der Waals surface area contributed by atoms with Crippen LogP contribution in [-0.2, 0) is 11.2 Å². The normalized spacial score (nSPS) is 24.8. The summed E-state index contributed by atoms with van der Waals surface area (Å²) in [6.45, 7) is 0.621. The zero-order valence-electron chi connectivity index (χ0n) is 13.7. The number of piperidine rings is 1. The zero-order valence-corrected chi connectivity index (χ0v) is 13.7. The Balaban J connectivity index is 1.69. The molecule has 0 aromatic heterocycles. The number of aliphatic hydroxyl groups is 1. The maximum atomic E-state index is 13.5. The van der Waals surface area contributed by atoms with Gasteiger partial charge in [-0.2, -0.15) is 0 Å². The summed E-state index contributed by atoms with van der Waals surface area (Å²) < 4.78 is 26.9. The first kappa shape index (κ1) is 17.3. The van der Waals surface area contributed by atoms with E-state index in [4.69, 9.17) is 5.73 Å². The average molecular weight is 338 g/mol. The lowest BCUT2D eigenvalue weighted by atomic mass is 9.90. The van der Waals surface area contributed by atoms with Gasteiger partial charge in [0.2, 0.25) is 5.91 Å². The highest BCUT2D eigenvalue weighted by atomic mass is 19.2. The maximum absolute atomic E-state index is 13.5. The summed E-state index contributed by atoms with van der Waals surface area (Å²) in [4.78, 5) is 14.3. The molecule has 2 aliphatic rings. The van der Waals surface area contributed by atoms with Crippen molar-refractivity contribution in [2.45, 2.75) is 56.5 Å². The second-order valence-electron chi connectivity index (χ2n) is 6.90. The molecule has 0 saturated carbocycles. The predicted molar refractivity (Wildman–Crippen MR) is 86.5 cm³/mol. The molecule has 1 unspecified atom stereocenters. The van der Waals surface area contributed by atoms with Crippen LogP contribution >= 0.6 is 0 Å². The fourth-order valence-corrected chi connectivity index (χ4v) is 4.06. The maximum Gasteiger partial charge on any atom is 0.224 e. The molecule has 1 aliphatic heterocycles. The molecule has 0 bridgehead atoms. The van der Waals surface area contributed by atoms with Gasteiger partial charge in [0.05, 0.1) is 12.6 Å². The summed E-state index contributed by atoms with van der Waals surface area (Å²) in [6, 6.07) is 1.92. The van der Waals surface area contributed by atoms with Crippen molar-refractivity contribution < 1.29 is 18.7 Å². The number of aryl methyl sites for hydroxylation is 1. The van der Waals surface area contributed by atoms with E-state index in [1.54, 1.807) is 4.90 Å². The van der Waals surface area contributed by atoms with Gasteiger partial charge in [0.15, 0.2) is 11.6 Å². The van der Waals surface area contributed by atoms with Crippen LogP contribution < -0.4 is 5.73 Å². The molecule has 1 heterocycles. The second-order valence-corrected chi connectivity index (χ2v) is 6.90. The van der Waals surface area contributed by atoms with Gasteiger partial charge in [-0.15, -0.1) is 0 Å². The quantitative estimate of drug-likeness (QED) is 0.883. The van der Waals surface area contributed by atoms with E-state index in [1.165, 1.54) is 12.1 Å². The number of fused-ring (bicyclic) bond motifs is 1. The van der Waals surface area contributed by atoms with Gasteiger partial charge in [-0.3, -0.25) is 4.79 Å². The molecule has 1 aromatic rings. The number of nitrogens with zero attached hydrogens (tertiary/aromatic N) is 1. The molecule has 1 fully saturated rings. The summed E-state index contributed by atoms with van der Waals surface area (Å²) in [7, 11) is 0. The molecule has 3 N–H and O–H groups in total. The van der Waals surface area contributed by atoms with E-state index in [0.29, 0.717) is 19.4 Å². The van der Waals surface area contributed by atoms with E-state index >= 15 is 0 Å². The number of benzene rings is 1. The molecule has 1 aliphatic carbocycles. The smallest absolute Gasteiger partial charge is 0.224 e. The van der Waals surface area contributed by atoms with Gasteiger partial charge in [0.1, 0.15) is 0 Å². The molecule has 4 nitrogen and oxygen atoms in total. The highest BCUT2D eigenvalue weighted by Crippen LogP contribution is 2.37. The lowest BCUT2D eigenvalue weighted by Crippen LogP contribution is -2.47. The largest absolute Gasteiger partial charge is 0.394 e. The molecule has 3 atom stereocenters. The van der Waals surface area contributed by atoms with Crippen LogP contribution in [0.2, 0.25) is 0 Å². The van der Waals surface area contributed by atoms with Gasteiger partial charge in [0.25, 0.3) is 0 Å². The predicted octanol–water partition coefficient (Wildman–Crippen LogP) is 2.09. The number of rotatable bonds is 4. The Kier molecular flexibility index (Phi) is 5.15. The molecule has 3 rings (SSSR count). The third kappa shape index (κ3) is 3.30. The van der Waals surface area contributed by atoms with Crippen molar-refractivity contribution in [3.63, 3.8) is 0 Å². The fourth-order valence-electron chi connectivity index (χ4n) is 4.06. The van der Waals surface area contributed by atoms with Crippen molar-refractivity contribution in [3.8, 4) is 0 Å². The topological polar surface area (TPSA) is 66.6 Å². The van der Waals surface area contributed by atoms with Crippen molar-refractivity contribution in [1.29, 1.82) is 0 Å². The highest BCUT2D eigenvalue weighted by Gasteiger charge is 2.33.